The van der Waals surface area contributed by atoms with Crippen LogP contribution in [0.3, 0.4) is 0 Å². The number of H-pyrrole nitrogens is 1. The van der Waals surface area contributed by atoms with Crippen LogP contribution in [0, 0.1) is 0 Å². The molecule has 34 heavy (non-hydrogen) atoms. The average Bonchev–Trinajstić information content (AvgIpc) is 3.44. The Kier molecular flexibility index (Phi) is 5.33. The summed E-state index contributed by atoms with van der Waals surface area (Å²) in [6.07, 6.45) is -3.95. The van der Waals surface area contributed by atoms with Crippen molar-refractivity contribution in [3.8, 4) is 17.1 Å². The van der Waals surface area contributed by atoms with E-state index in [2.05, 4.69) is 20.4 Å². The number of amides is 1. The molecular weight excluding hydrogens is 467 g/mol. The monoisotopic (exact) mass is 481 g/mol. The highest BCUT2D eigenvalue weighted by Gasteiger charge is 2.40. The van der Waals surface area contributed by atoms with Gasteiger partial charge in [0.1, 0.15) is 5.82 Å². The van der Waals surface area contributed by atoms with E-state index < -0.39 is 23.3 Å². The number of carbonyl (C=O) groups is 1. The molecule has 1 amide bonds. The van der Waals surface area contributed by atoms with E-state index in [0.29, 0.717) is 21.8 Å². The van der Waals surface area contributed by atoms with Crippen molar-refractivity contribution in [3.05, 3.63) is 95.3 Å². The number of aromatic nitrogens is 4. The van der Waals surface area contributed by atoms with Crippen molar-refractivity contribution in [2.75, 3.05) is 5.32 Å². The van der Waals surface area contributed by atoms with Crippen molar-refractivity contribution >= 4 is 34.2 Å². The van der Waals surface area contributed by atoms with Gasteiger partial charge in [-0.3, -0.25) is 4.79 Å². The normalized spacial score (nSPS) is 11.6. The molecule has 5 aromatic rings. The predicted octanol–water partition coefficient (Wildman–Crippen LogP) is 6.34. The largest absolute Gasteiger partial charge is 0.434 e. The number of benzene rings is 3. The van der Waals surface area contributed by atoms with E-state index in [1.165, 1.54) is 24.3 Å². The Morgan fingerprint density at radius 3 is 2.53 bits per heavy atom. The number of halogens is 4. The average molecular weight is 482 g/mol. The molecule has 6 nitrogen and oxygen atoms in total. The minimum absolute atomic E-state index is 0.0848. The minimum Gasteiger partial charge on any atom is -0.338 e. The molecule has 0 bridgehead atoms. The smallest absolute Gasteiger partial charge is 0.338 e. The van der Waals surface area contributed by atoms with Crippen molar-refractivity contribution in [3.63, 3.8) is 0 Å². The van der Waals surface area contributed by atoms with Crippen LogP contribution < -0.4 is 5.32 Å². The Morgan fingerprint density at radius 2 is 1.76 bits per heavy atom. The van der Waals surface area contributed by atoms with E-state index >= 15 is 0 Å². The third kappa shape index (κ3) is 4.01. The summed E-state index contributed by atoms with van der Waals surface area (Å²) < 4.78 is 42.7. The number of nitrogens with zero attached hydrogens (tertiary/aromatic N) is 3. The molecule has 2 N–H and O–H groups in total. The number of aromatic amines is 1. The highest BCUT2D eigenvalue weighted by molar-refractivity contribution is 6.30. The highest BCUT2D eigenvalue weighted by atomic mass is 35.5. The number of fused-ring (bicyclic) bond motifs is 1. The molecule has 0 saturated heterocycles. The molecule has 170 valence electrons. The lowest BCUT2D eigenvalue weighted by molar-refractivity contribution is -0.143. The molecule has 0 aliphatic rings. The van der Waals surface area contributed by atoms with E-state index in [1.54, 1.807) is 24.3 Å². The maximum atomic E-state index is 14.0. The van der Waals surface area contributed by atoms with Crippen LogP contribution in [0.5, 0.6) is 0 Å². The summed E-state index contributed by atoms with van der Waals surface area (Å²) in [4.78, 5) is 20.7. The van der Waals surface area contributed by atoms with Crippen LogP contribution in [0.2, 0.25) is 5.02 Å². The Bertz CT molecular complexity index is 1490. The van der Waals surface area contributed by atoms with Crippen LogP contribution in [0.1, 0.15) is 16.1 Å². The molecule has 0 saturated carbocycles. The van der Waals surface area contributed by atoms with Gasteiger partial charge >= 0.3 is 6.18 Å². The first kappa shape index (κ1) is 21.7. The zero-order valence-electron chi connectivity index (χ0n) is 17.3. The van der Waals surface area contributed by atoms with Gasteiger partial charge in [0.05, 0.1) is 34.2 Å². The van der Waals surface area contributed by atoms with Crippen molar-refractivity contribution in [1.29, 1.82) is 0 Å². The summed E-state index contributed by atoms with van der Waals surface area (Å²) in [7, 11) is 0. The molecular formula is C24H15ClF3N5O. The number of hydrogen-bond donors (Lipinski definition) is 2. The van der Waals surface area contributed by atoms with Crippen LogP contribution in [-0.2, 0) is 6.18 Å². The number of alkyl halides is 3. The molecule has 0 fully saturated rings. The highest BCUT2D eigenvalue weighted by Crippen LogP contribution is 2.35. The summed E-state index contributed by atoms with van der Waals surface area (Å²) in [5, 5.41) is 6.65. The minimum atomic E-state index is -4.84. The molecule has 3 aromatic carbocycles. The summed E-state index contributed by atoms with van der Waals surface area (Å²) >= 11 is 5.93. The van der Waals surface area contributed by atoms with Crippen molar-refractivity contribution in [2.24, 2.45) is 0 Å². The second-order valence-corrected chi connectivity index (χ2v) is 7.83. The van der Waals surface area contributed by atoms with Gasteiger partial charge in [0.15, 0.2) is 5.69 Å². The summed E-state index contributed by atoms with van der Waals surface area (Å²) in [6, 6.07) is 19.9. The fraction of sp³-hybridized carbons (Fsp3) is 0.0417. The summed E-state index contributed by atoms with van der Waals surface area (Å²) in [5.74, 6) is -0.480. The number of hydrogen-bond acceptors (Lipinski definition) is 3. The molecule has 0 spiro atoms. The van der Waals surface area contributed by atoms with Crippen LogP contribution in [0.25, 0.3) is 28.1 Å². The number of anilines is 1. The van der Waals surface area contributed by atoms with E-state index in [9.17, 15) is 18.0 Å². The number of imidazole rings is 1. The van der Waals surface area contributed by atoms with Gasteiger partial charge in [-0.2, -0.15) is 18.3 Å². The van der Waals surface area contributed by atoms with Gasteiger partial charge in [-0.05, 0) is 42.5 Å². The number of para-hydroxylation sites is 3. The Labute approximate surface area is 196 Å². The Morgan fingerprint density at radius 1 is 1.00 bits per heavy atom. The van der Waals surface area contributed by atoms with Gasteiger partial charge in [-0.15, -0.1) is 0 Å². The first-order valence-corrected chi connectivity index (χ1v) is 10.5. The fourth-order valence-corrected chi connectivity index (χ4v) is 3.84. The van der Waals surface area contributed by atoms with Crippen LogP contribution >= 0.6 is 11.6 Å². The van der Waals surface area contributed by atoms with E-state index in [-0.39, 0.29) is 10.7 Å². The fourth-order valence-electron chi connectivity index (χ4n) is 3.66. The SMILES string of the molecule is O=C(Nc1ccccc1-c1nc2ccccc2[nH]1)c1cnn(-c2cccc(Cl)c2)c1C(F)(F)F. The second kappa shape index (κ2) is 8.35. The molecule has 0 atom stereocenters. The molecule has 10 heteroatoms. The quantitative estimate of drug-likeness (QED) is 0.314. The molecule has 2 heterocycles. The van der Waals surface area contributed by atoms with Gasteiger partial charge in [0.25, 0.3) is 5.91 Å². The molecule has 2 aromatic heterocycles. The lowest BCUT2D eigenvalue weighted by Crippen LogP contribution is -2.21. The first-order chi connectivity index (χ1) is 16.3. The Balaban J connectivity index is 1.54. The van der Waals surface area contributed by atoms with Crippen LogP contribution in [0.15, 0.2) is 79.0 Å². The molecule has 5 rings (SSSR count). The van der Waals surface area contributed by atoms with Crippen LogP contribution in [-0.4, -0.2) is 25.7 Å². The third-order valence-electron chi connectivity index (χ3n) is 5.15. The van der Waals surface area contributed by atoms with Gasteiger partial charge < -0.3 is 10.3 Å². The summed E-state index contributed by atoms with van der Waals surface area (Å²) in [5.41, 5.74) is 0.613. The number of carbonyl (C=O) groups excluding carboxylic acids is 1. The topological polar surface area (TPSA) is 75.6 Å². The number of rotatable bonds is 4. The van der Waals surface area contributed by atoms with E-state index in [4.69, 9.17) is 11.6 Å². The van der Waals surface area contributed by atoms with Gasteiger partial charge in [0.2, 0.25) is 0 Å². The lowest BCUT2D eigenvalue weighted by Gasteiger charge is -2.14. The van der Waals surface area contributed by atoms with Crippen molar-refractivity contribution in [1.82, 2.24) is 19.7 Å². The van der Waals surface area contributed by atoms with Crippen molar-refractivity contribution < 1.29 is 18.0 Å². The zero-order valence-corrected chi connectivity index (χ0v) is 18.0. The van der Waals surface area contributed by atoms with Gasteiger partial charge in [-0.25, -0.2) is 9.67 Å². The summed E-state index contributed by atoms with van der Waals surface area (Å²) in [6.45, 7) is 0. The maximum Gasteiger partial charge on any atom is 0.434 e. The van der Waals surface area contributed by atoms with E-state index in [1.807, 2.05) is 24.3 Å². The maximum absolute atomic E-state index is 14.0. The van der Waals surface area contributed by atoms with Gasteiger partial charge in [0, 0.05) is 10.6 Å². The van der Waals surface area contributed by atoms with Crippen molar-refractivity contribution in [2.45, 2.75) is 6.18 Å². The molecule has 0 aliphatic carbocycles. The predicted molar refractivity (Wildman–Crippen MR) is 123 cm³/mol. The molecule has 0 radical (unpaired) electrons. The Hall–Kier alpha value is -4.11. The van der Waals surface area contributed by atoms with Gasteiger partial charge in [-0.1, -0.05) is 41.9 Å². The van der Waals surface area contributed by atoms with E-state index in [0.717, 1.165) is 17.2 Å². The first-order valence-electron chi connectivity index (χ1n) is 10.1. The molecule has 0 unspecified atom stereocenters. The zero-order chi connectivity index (χ0) is 23.9. The molecule has 0 aliphatic heterocycles. The standard InChI is InChI=1S/C24H15ClF3N5O/c25-14-6-5-7-15(12-14)33-21(24(26,27)28)17(13-29-33)23(34)32-18-9-2-1-8-16(18)22-30-19-10-3-4-11-20(19)31-22/h1-13H,(H,30,31)(H,32,34). The lowest BCUT2D eigenvalue weighted by atomic mass is 10.1. The van der Waals surface area contributed by atoms with Crippen LogP contribution in [0.4, 0.5) is 18.9 Å². The second-order valence-electron chi connectivity index (χ2n) is 7.40. The third-order valence-corrected chi connectivity index (χ3v) is 5.39. The number of nitrogens with one attached hydrogen (secondary N) is 2.